The van der Waals surface area contributed by atoms with E-state index in [9.17, 15) is 22.8 Å². The molecular weight excluding hydrogens is 289 g/mol. The number of nitrogens with one attached hydrogen (secondary N) is 2. The zero-order valence-electron chi connectivity index (χ0n) is 11.3. The quantitative estimate of drug-likeness (QED) is 0.848. The smallest absolute Gasteiger partial charge is 0.372 e. The highest BCUT2D eigenvalue weighted by atomic mass is 19.4. The van der Waals surface area contributed by atoms with Crippen molar-refractivity contribution >= 4 is 23.2 Å². The van der Waals surface area contributed by atoms with Crippen LogP contribution in [0.5, 0.6) is 0 Å². The standard InChI is InChI=1S/C13H15F3N2O3/c1-2-21-8-12(20)18-10-5-3-9(4-6-10)17-11(19)7-13(14,15)16/h3-6H,2,7-8H2,1H3,(H,17,19)(H,18,20). The molecule has 2 N–H and O–H groups in total. The summed E-state index contributed by atoms with van der Waals surface area (Å²) in [5, 5.41) is 4.66. The Morgan fingerprint density at radius 1 is 1.05 bits per heavy atom. The van der Waals surface area contributed by atoms with Crippen molar-refractivity contribution in [2.24, 2.45) is 0 Å². The van der Waals surface area contributed by atoms with Crippen molar-refractivity contribution in [3.63, 3.8) is 0 Å². The molecule has 1 aromatic carbocycles. The highest BCUT2D eigenvalue weighted by Gasteiger charge is 2.31. The minimum Gasteiger partial charge on any atom is -0.372 e. The maximum absolute atomic E-state index is 12.0. The van der Waals surface area contributed by atoms with E-state index >= 15 is 0 Å². The van der Waals surface area contributed by atoms with Crippen molar-refractivity contribution < 1.29 is 27.5 Å². The van der Waals surface area contributed by atoms with Crippen LogP contribution in [0.1, 0.15) is 13.3 Å². The molecule has 0 aliphatic carbocycles. The van der Waals surface area contributed by atoms with Gasteiger partial charge in [-0.3, -0.25) is 9.59 Å². The van der Waals surface area contributed by atoms with E-state index in [0.717, 1.165) is 0 Å². The molecule has 0 heterocycles. The minimum atomic E-state index is -4.54. The average molecular weight is 304 g/mol. The van der Waals surface area contributed by atoms with Gasteiger partial charge in [-0.05, 0) is 31.2 Å². The molecule has 1 rings (SSSR count). The van der Waals surface area contributed by atoms with Crippen LogP contribution < -0.4 is 10.6 Å². The van der Waals surface area contributed by atoms with Crippen LogP contribution in [0.4, 0.5) is 24.5 Å². The van der Waals surface area contributed by atoms with Crippen LogP contribution in [0, 0.1) is 0 Å². The predicted octanol–water partition coefficient (Wildman–Crippen LogP) is 2.55. The Hall–Kier alpha value is -2.09. The number of carbonyl (C=O) groups is 2. The first-order valence-electron chi connectivity index (χ1n) is 6.14. The number of hydrogen-bond donors (Lipinski definition) is 2. The zero-order chi connectivity index (χ0) is 15.9. The van der Waals surface area contributed by atoms with Crippen LogP contribution in [0.25, 0.3) is 0 Å². The number of carbonyl (C=O) groups excluding carboxylic acids is 2. The van der Waals surface area contributed by atoms with Crippen molar-refractivity contribution in [1.82, 2.24) is 0 Å². The number of benzene rings is 1. The molecule has 21 heavy (non-hydrogen) atoms. The molecular formula is C13H15F3N2O3. The summed E-state index contributed by atoms with van der Waals surface area (Å²) in [5.74, 6) is -1.48. The molecule has 2 amide bonds. The molecule has 0 aliphatic heterocycles. The van der Waals surface area contributed by atoms with Gasteiger partial charge in [0.15, 0.2) is 0 Å². The lowest BCUT2D eigenvalue weighted by atomic mass is 10.2. The van der Waals surface area contributed by atoms with Gasteiger partial charge < -0.3 is 15.4 Å². The Labute approximate surface area is 119 Å². The third kappa shape index (κ3) is 7.31. The Kier molecular flexibility index (Phi) is 6.16. The molecule has 0 atom stereocenters. The van der Waals surface area contributed by atoms with E-state index in [2.05, 4.69) is 10.6 Å². The lowest BCUT2D eigenvalue weighted by molar-refractivity contribution is -0.150. The topological polar surface area (TPSA) is 67.4 Å². The number of rotatable bonds is 6. The predicted molar refractivity (Wildman–Crippen MR) is 70.9 cm³/mol. The second kappa shape index (κ2) is 7.63. The highest BCUT2D eigenvalue weighted by molar-refractivity contribution is 5.93. The zero-order valence-corrected chi connectivity index (χ0v) is 11.3. The number of amides is 2. The van der Waals surface area contributed by atoms with E-state index in [0.29, 0.717) is 12.3 Å². The first-order chi connectivity index (χ1) is 9.80. The molecule has 1 aromatic rings. The van der Waals surface area contributed by atoms with Crippen LogP contribution >= 0.6 is 0 Å². The molecule has 0 spiro atoms. The van der Waals surface area contributed by atoms with E-state index in [1.807, 2.05) is 0 Å². The van der Waals surface area contributed by atoms with Crippen molar-refractivity contribution in [1.29, 1.82) is 0 Å². The Morgan fingerprint density at radius 2 is 1.52 bits per heavy atom. The fourth-order valence-electron chi connectivity index (χ4n) is 1.42. The van der Waals surface area contributed by atoms with E-state index < -0.39 is 18.5 Å². The van der Waals surface area contributed by atoms with Crippen molar-refractivity contribution in [3.05, 3.63) is 24.3 Å². The number of ether oxygens (including phenoxy) is 1. The van der Waals surface area contributed by atoms with Crippen molar-refractivity contribution in [3.8, 4) is 0 Å². The van der Waals surface area contributed by atoms with Crippen LogP contribution in [0.2, 0.25) is 0 Å². The fraction of sp³-hybridized carbons (Fsp3) is 0.385. The molecule has 116 valence electrons. The number of anilines is 2. The highest BCUT2D eigenvalue weighted by Crippen LogP contribution is 2.21. The van der Waals surface area contributed by atoms with E-state index in [-0.39, 0.29) is 18.2 Å². The molecule has 0 unspecified atom stereocenters. The number of alkyl halides is 3. The summed E-state index contributed by atoms with van der Waals surface area (Å²) >= 11 is 0. The fourth-order valence-corrected chi connectivity index (χ4v) is 1.42. The Balaban J connectivity index is 2.50. The average Bonchev–Trinajstić information content (AvgIpc) is 2.36. The summed E-state index contributed by atoms with van der Waals surface area (Å²) in [5.41, 5.74) is 0.667. The molecule has 0 saturated carbocycles. The third-order valence-electron chi connectivity index (χ3n) is 2.25. The van der Waals surface area contributed by atoms with Crippen LogP contribution in [0.15, 0.2) is 24.3 Å². The Bertz CT molecular complexity index is 486. The summed E-state index contributed by atoms with van der Waals surface area (Å²) in [4.78, 5) is 22.5. The molecule has 8 heteroatoms. The molecule has 0 bridgehead atoms. The first-order valence-corrected chi connectivity index (χ1v) is 6.14. The van der Waals surface area contributed by atoms with Gasteiger partial charge in [0.1, 0.15) is 13.0 Å². The van der Waals surface area contributed by atoms with Crippen LogP contribution in [0.3, 0.4) is 0 Å². The third-order valence-corrected chi connectivity index (χ3v) is 2.25. The molecule has 0 aliphatic rings. The van der Waals surface area contributed by atoms with E-state index in [4.69, 9.17) is 4.74 Å². The van der Waals surface area contributed by atoms with Gasteiger partial charge in [0.25, 0.3) is 0 Å². The molecule has 5 nitrogen and oxygen atoms in total. The second-order valence-electron chi connectivity index (χ2n) is 4.10. The number of halogens is 3. The summed E-state index contributed by atoms with van der Waals surface area (Å²) in [6.45, 7) is 2.09. The van der Waals surface area contributed by atoms with E-state index in [1.165, 1.54) is 24.3 Å². The summed E-state index contributed by atoms with van der Waals surface area (Å²) in [6.07, 6.45) is -6.09. The van der Waals surface area contributed by atoms with Crippen LogP contribution in [-0.2, 0) is 14.3 Å². The van der Waals surface area contributed by atoms with Gasteiger partial charge in [0, 0.05) is 18.0 Å². The number of hydrogen-bond acceptors (Lipinski definition) is 3. The first kappa shape index (κ1) is 17.0. The normalized spacial score (nSPS) is 11.0. The molecule has 0 fully saturated rings. The summed E-state index contributed by atoms with van der Waals surface area (Å²) in [7, 11) is 0. The van der Waals surface area contributed by atoms with Gasteiger partial charge in [0.05, 0.1) is 0 Å². The maximum Gasteiger partial charge on any atom is 0.397 e. The van der Waals surface area contributed by atoms with Crippen molar-refractivity contribution in [2.75, 3.05) is 23.8 Å². The van der Waals surface area contributed by atoms with Gasteiger partial charge >= 0.3 is 6.18 Å². The lowest BCUT2D eigenvalue weighted by Gasteiger charge is -2.09. The summed E-state index contributed by atoms with van der Waals surface area (Å²) < 4.78 is 40.9. The van der Waals surface area contributed by atoms with Crippen molar-refractivity contribution in [2.45, 2.75) is 19.5 Å². The largest absolute Gasteiger partial charge is 0.397 e. The minimum absolute atomic E-state index is 0.0828. The van der Waals surface area contributed by atoms with Crippen LogP contribution in [-0.4, -0.2) is 31.2 Å². The molecule has 0 radical (unpaired) electrons. The SMILES string of the molecule is CCOCC(=O)Nc1ccc(NC(=O)CC(F)(F)F)cc1. The van der Waals surface area contributed by atoms with E-state index in [1.54, 1.807) is 6.92 Å². The van der Waals surface area contributed by atoms with Gasteiger partial charge in [-0.2, -0.15) is 13.2 Å². The van der Waals surface area contributed by atoms with Gasteiger partial charge in [-0.1, -0.05) is 0 Å². The second-order valence-corrected chi connectivity index (χ2v) is 4.10. The van der Waals surface area contributed by atoms with Gasteiger partial charge in [-0.25, -0.2) is 0 Å². The molecule has 0 aromatic heterocycles. The van der Waals surface area contributed by atoms with Gasteiger partial charge in [-0.15, -0.1) is 0 Å². The monoisotopic (exact) mass is 304 g/mol. The lowest BCUT2D eigenvalue weighted by Crippen LogP contribution is -2.21. The Morgan fingerprint density at radius 3 is 1.95 bits per heavy atom. The molecule has 0 saturated heterocycles. The summed E-state index contributed by atoms with van der Waals surface area (Å²) in [6, 6.07) is 5.72. The van der Waals surface area contributed by atoms with Gasteiger partial charge in [0.2, 0.25) is 11.8 Å². The maximum atomic E-state index is 12.0.